The number of carbonyl (C=O) groups is 1. The molecule has 1 aromatic heterocycles. The Labute approximate surface area is 96.9 Å². The van der Waals surface area contributed by atoms with Crippen LogP contribution in [0.25, 0.3) is 10.4 Å². The largest absolute Gasteiger partial charge is 0.497 e. The molecular weight excluding hydrogens is 224 g/mol. The van der Waals surface area contributed by atoms with Crippen molar-refractivity contribution in [1.82, 2.24) is 0 Å². The molecular formula is C12H10O3S. The van der Waals surface area contributed by atoms with E-state index in [1.807, 2.05) is 24.3 Å². The fraction of sp³-hybridized carbons (Fsp3) is 0.0833. The molecule has 4 heteroatoms. The number of aromatic carboxylic acids is 1. The van der Waals surface area contributed by atoms with Crippen molar-refractivity contribution in [3.63, 3.8) is 0 Å². The van der Waals surface area contributed by atoms with Crippen LogP contribution in [0.1, 0.15) is 10.4 Å². The molecule has 0 radical (unpaired) electrons. The number of carboxylic acids is 1. The Morgan fingerprint density at radius 3 is 2.81 bits per heavy atom. The van der Waals surface area contributed by atoms with Crippen LogP contribution in [0.3, 0.4) is 0 Å². The van der Waals surface area contributed by atoms with Crippen LogP contribution in [0, 0.1) is 0 Å². The van der Waals surface area contributed by atoms with E-state index in [1.54, 1.807) is 18.6 Å². The summed E-state index contributed by atoms with van der Waals surface area (Å²) in [7, 11) is 1.61. The van der Waals surface area contributed by atoms with E-state index in [0.717, 1.165) is 16.2 Å². The summed E-state index contributed by atoms with van der Waals surface area (Å²) in [6.07, 6.45) is 0. The molecule has 0 bridgehead atoms. The molecule has 0 amide bonds. The predicted octanol–water partition coefficient (Wildman–Crippen LogP) is 3.12. The van der Waals surface area contributed by atoms with Crippen LogP contribution in [0.15, 0.2) is 35.7 Å². The molecule has 0 saturated heterocycles. The molecule has 2 aromatic rings. The highest BCUT2D eigenvalue weighted by Crippen LogP contribution is 2.29. The molecule has 1 aromatic carbocycles. The molecule has 0 atom stereocenters. The summed E-state index contributed by atoms with van der Waals surface area (Å²) in [5.74, 6) is -0.131. The first-order valence-electron chi connectivity index (χ1n) is 4.67. The number of ether oxygens (including phenoxy) is 1. The molecule has 1 N–H and O–H groups in total. The van der Waals surface area contributed by atoms with E-state index in [1.165, 1.54) is 11.3 Å². The third kappa shape index (κ3) is 2.06. The minimum Gasteiger partial charge on any atom is -0.497 e. The number of hydrogen-bond donors (Lipinski definition) is 1. The van der Waals surface area contributed by atoms with E-state index in [-0.39, 0.29) is 0 Å². The molecule has 82 valence electrons. The van der Waals surface area contributed by atoms with Crippen molar-refractivity contribution in [3.05, 3.63) is 41.3 Å². The molecule has 0 aliphatic rings. The molecule has 0 spiro atoms. The van der Waals surface area contributed by atoms with E-state index >= 15 is 0 Å². The Bertz CT molecular complexity index is 516. The van der Waals surface area contributed by atoms with Crippen molar-refractivity contribution in [3.8, 4) is 16.2 Å². The number of hydrogen-bond acceptors (Lipinski definition) is 3. The van der Waals surface area contributed by atoms with Crippen LogP contribution in [-0.2, 0) is 0 Å². The van der Waals surface area contributed by atoms with Crippen LogP contribution >= 0.6 is 11.3 Å². The van der Waals surface area contributed by atoms with Crippen molar-refractivity contribution in [2.24, 2.45) is 0 Å². The molecule has 0 aliphatic carbocycles. The average molecular weight is 234 g/mol. The second-order valence-electron chi connectivity index (χ2n) is 3.24. The SMILES string of the molecule is COc1cccc(-c2cc(C(=O)O)cs2)c1. The maximum Gasteiger partial charge on any atom is 0.336 e. The molecule has 3 nitrogen and oxygen atoms in total. The van der Waals surface area contributed by atoms with Crippen molar-refractivity contribution >= 4 is 17.3 Å². The zero-order valence-electron chi connectivity index (χ0n) is 8.64. The maximum absolute atomic E-state index is 10.8. The minimum absolute atomic E-state index is 0.322. The topological polar surface area (TPSA) is 46.5 Å². The summed E-state index contributed by atoms with van der Waals surface area (Å²) in [5, 5.41) is 10.5. The second-order valence-corrected chi connectivity index (χ2v) is 4.15. The van der Waals surface area contributed by atoms with E-state index in [2.05, 4.69) is 0 Å². The third-order valence-corrected chi connectivity index (χ3v) is 3.18. The lowest BCUT2D eigenvalue weighted by atomic mass is 10.1. The molecule has 0 aliphatic heterocycles. The normalized spacial score (nSPS) is 10.1. The lowest BCUT2D eigenvalue weighted by Crippen LogP contribution is -1.91. The average Bonchev–Trinajstić information content (AvgIpc) is 2.78. The highest BCUT2D eigenvalue weighted by molar-refractivity contribution is 7.13. The van der Waals surface area contributed by atoms with Gasteiger partial charge in [0.25, 0.3) is 0 Å². The smallest absolute Gasteiger partial charge is 0.336 e. The Hall–Kier alpha value is -1.81. The minimum atomic E-state index is -0.898. The van der Waals surface area contributed by atoms with Gasteiger partial charge in [0.1, 0.15) is 5.75 Å². The molecule has 16 heavy (non-hydrogen) atoms. The van der Waals surface area contributed by atoms with Crippen LogP contribution in [0.2, 0.25) is 0 Å². The maximum atomic E-state index is 10.8. The van der Waals surface area contributed by atoms with E-state index in [0.29, 0.717) is 5.56 Å². The van der Waals surface area contributed by atoms with Crippen molar-refractivity contribution < 1.29 is 14.6 Å². The number of rotatable bonds is 3. The molecule has 2 rings (SSSR count). The van der Waals surface area contributed by atoms with Crippen LogP contribution < -0.4 is 4.74 Å². The Kier molecular flexibility index (Phi) is 2.92. The van der Waals surface area contributed by atoms with Crippen molar-refractivity contribution in [1.29, 1.82) is 0 Å². The Morgan fingerprint density at radius 1 is 1.38 bits per heavy atom. The van der Waals surface area contributed by atoms with Crippen molar-refractivity contribution in [2.75, 3.05) is 7.11 Å². The number of benzene rings is 1. The predicted molar refractivity (Wildman–Crippen MR) is 63.3 cm³/mol. The number of methoxy groups -OCH3 is 1. The van der Waals surface area contributed by atoms with Gasteiger partial charge in [-0.1, -0.05) is 12.1 Å². The van der Waals surface area contributed by atoms with Gasteiger partial charge in [-0.2, -0.15) is 0 Å². The van der Waals surface area contributed by atoms with Gasteiger partial charge in [-0.3, -0.25) is 0 Å². The second kappa shape index (κ2) is 4.37. The van der Waals surface area contributed by atoms with Gasteiger partial charge in [0.15, 0.2) is 0 Å². The monoisotopic (exact) mass is 234 g/mol. The lowest BCUT2D eigenvalue weighted by Gasteiger charge is -2.01. The number of carboxylic acid groups (broad SMARTS) is 1. The Morgan fingerprint density at radius 2 is 2.19 bits per heavy atom. The summed E-state index contributed by atoms with van der Waals surface area (Å²) in [5.41, 5.74) is 1.29. The lowest BCUT2D eigenvalue weighted by molar-refractivity contribution is 0.0697. The number of thiophene rings is 1. The first-order chi connectivity index (χ1) is 7.70. The van der Waals surface area contributed by atoms with Gasteiger partial charge in [-0.05, 0) is 23.8 Å². The molecule has 0 unspecified atom stereocenters. The van der Waals surface area contributed by atoms with E-state index < -0.39 is 5.97 Å². The van der Waals surface area contributed by atoms with Gasteiger partial charge < -0.3 is 9.84 Å². The van der Waals surface area contributed by atoms with Gasteiger partial charge in [0, 0.05) is 10.3 Å². The zero-order valence-corrected chi connectivity index (χ0v) is 9.45. The van der Waals surface area contributed by atoms with E-state index in [4.69, 9.17) is 9.84 Å². The highest BCUT2D eigenvalue weighted by atomic mass is 32.1. The molecule has 1 heterocycles. The van der Waals surface area contributed by atoms with E-state index in [9.17, 15) is 4.79 Å². The highest BCUT2D eigenvalue weighted by Gasteiger charge is 2.08. The first-order valence-corrected chi connectivity index (χ1v) is 5.55. The Balaban J connectivity index is 2.38. The molecule has 0 fully saturated rings. The summed E-state index contributed by atoms with van der Waals surface area (Å²) in [4.78, 5) is 11.7. The fourth-order valence-electron chi connectivity index (χ4n) is 1.38. The summed E-state index contributed by atoms with van der Waals surface area (Å²) >= 11 is 1.41. The van der Waals surface area contributed by atoms with Crippen LogP contribution in [0.5, 0.6) is 5.75 Å². The quantitative estimate of drug-likeness (QED) is 0.887. The van der Waals surface area contributed by atoms with Gasteiger partial charge in [-0.25, -0.2) is 4.79 Å². The van der Waals surface area contributed by atoms with Crippen molar-refractivity contribution in [2.45, 2.75) is 0 Å². The third-order valence-electron chi connectivity index (χ3n) is 2.20. The van der Waals surface area contributed by atoms with Gasteiger partial charge in [0.05, 0.1) is 12.7 Å². The van der Waals surface area contributed by atoms with Gasteiger partial charge >= 0.3 is 5.97 Å². The zero-order chi connectivity index (χ0) is 11.5. The standard InChI is InChI=1S/C12H10O3S/c1-15-10-4-2-3-8(5-10)11-6-9(7-16-11)12(13)14/h2-7H,1H3,(H,13,14). The summed E-state index contributed by atoms with van der Waals surface area (Å²) < 4.78 is 5.12. The van der Waals surface area contributed by atoms with Gasteiger partial charge in [0.2, 0.25) is 0 Å². The summed E-state index contributed by atoms with van der Waals surface area (Å²) in [6.45, 7) is 0. The van der Waals surface area contributed by atoms with Crippen LogP contribution in [0.4, 0.5) is 0 Å². The van der Waals surface area contributed by atoms with Gasteiger partial charge in [-0.15, -0.1) is 11.3 Å². The van der Waals surface area contributed by atoms with Crippen LogP contribution in [-0.4, -0.2) is 18.2 Å². The first kappa shape index (κ1) is 10.7. The fourth-order valence-corrected chi connectivity index (χ4v) is 2.26. The summed E-state index contributed by atoms with van der Waals surface area (Å²) in [6, 6.07) is 9.22. The molecule has 0 saturated carbocycles.